The standard InChI is InChI=1S/C27H33ClO2S/c1-3-5-6-7-8-11-22-21(19(4-2)18-24(22)30)16-14-20(29)15-17-26-27(28)23-12-9-10-13-25(23)31-26/h4,7-10,12-14,16,19-22,29H,2-3,5-6,11,15,17-18H2,1H3/b8-7-,16-14+/t19-,20?,21?,22-/m1/s1. The molecule has 166 valence electrons. The van der Waals surface area contributed by atoms with Crippen LogP contribution in [0, 0.1) is 17.8 Å². The van der Waals surface area contributed by atoms with Crippen molar-refractivity contribution in [2.24, 2.45) is 17.8 Å². The molecule has 0 radical (unpaired) electrons. The highest BCUT2D eigenvalue weighted by atomic mass is 35.5. The van der Waals surface area contributed by atoms with Crippen molar-refractivity contribution in [1.29, 1.82) is 0 Å². The van der Waals surface area contributed by atoms with E-state index in [1.807, 2.05) is 30.4 Å². The van der Waals surface area contributed by atoms with Crippen molar-refractivity contribution in [3.63, 3.8) is 0 Å². The van der Waals surface area contributed by atoms with E-state index in [0.29, 0.717) is 18.6 Å². The van der Waals surface area contributed by atoms with Crippen LogP contribution in [-0.4, -0.2) is 17.0 Å². The van der Waals surface area contributed by atoms with E-state index in [1.54, 1.807) is 11.3 Å². The average Bonchev–Trinajstić information content (AvgIpc) is 3.26. The number of ketones is 1. The Bertz CT molecular complexity index is 942. The van der Waals surface area contributed by atoms with Crippen LogP contribution in [-0.2, 0) is 11.2 Å². The third kappa shape index (κ3) is 6.19. The molecule has 1 N–H and O–H groups in total. The van der Waals surface area contributed by atoms with E-state index < -0.39 is 6.10 Å². The van der Waals surface area contributed by atoms with Gasteiger partial charge in [0.1, 0.15) is 5.78 Å². The number of rotatable bonds is 11. The number of benzene rings is 1. The number of Topliss-reactive ketones (excluding diaryl/α,β-unsaturated/α-hetero) is 1. The zero-order chi connectivity index (χ0) is 22.2. The van der Waals surface area contributed by atoms with Gasteiger partial charge in [0.15, 0.2) is 0 Å². The number of aliphatic hydroxyl groups is 1. The van der Waals surface area contributed by atoms with Gasteiger partial charge in [-0.05, 0) is 43.6 Å². The molecule has 0 spiro atoms. The lowest BCUT2D eigenvalue weighted by Crippen LogP contribution is -2.15. The second kappa shape index (κ2) is 11.8. The normalized spacial score (nSPS) is 22.8. The lowest BCUT2D eigenvalue weighted by Gasteiger charge is -2.18. The zero-order valence-electron chi connectivity index (χ0n) is 18.3. The molecule has 1 fully saturated rings. The van der Waals surface area contributed by atoms with Crippen molar-refractivity contribution >= 4 is 38.8 Å². The van der Waals surface area contributed by atoms with Crippen LogP contribution in [0.15, 0.2) is 61.2 Å². The van der Waals surface area contributed by atoms with Gasteiger partial charge in [0, 0.05) is 27.3 Å². The maximum atomic E-state index is 12.6. The fourth-order valence-corrected chi connectivity index (χ4v) is 5.92. The molecule has 2 unspecified atom stereocenters. The van der Waals surface area contributed by atoms with Crippen molar-refractivity contribution in [3.05, 3.63) is 71.1 Å². The largest absolute Gasteiger partial charge is 0.389 e. The van der Waals surface area contributed by atoms with Crippen molar-refractivity contribution in [1.82, 2.24) is 0 Å². The summed E-state index contributed by atoms with van der Waals surface area (Å²) in [6.45, 7) is 6.12. The maximum Gasteiger partial charge on any atom is 0.137 e. The third-order valence-electron chi connectivity index (χ3n) is 6.22. The highest BCUT2D eigenvalue weighted by molar-refractivity contribution is 7.19. The molecule has 2 aromatic rings. The Labute approximate surface area is 195 Å². The van der Waals surface area contributed by atoms with Crippen molar-refractivity contribution < 1.29 is 9.90 Å². The lowest BCUT2D eigenvalue weighted by atomic mass is 9.86. The Balaban J connectivity index is 1.60. The fraction of sp³-hybridized carbons (Fsp3) is 0.444. The minimum absolute atomic E-state index is 0.0126. The molecule has 1 saturated carbocycles. The summed E-state index contributed by atoms with van der Waals surface area (Å²) in [5.74, 6) is 0.568. The van der Waals surface area contributed by atoms with Gasteiger partial charge in [0.2, 0.25) is 0 Å². The first-order chi connectivity index (χ1) is 15.0. The molecular weight excluding hydrogens is 424 g/mol. The quantitative estimate of drug-likeness (QED) is 0.280. The number of hydrogen-bond donors (Lipinski definition) is 1. The monoisotopic (exact) mass is 456 g/mol. The Hall–Kier alpha value is -1.68. The van der Waals surface area contributed by atoms with Gasteiger partial charge in [-0.15, -0.1) is 17.9 Å². The van der Waals surface area contributed by atoms with Crippen LogP contribution in [0.4, 0.5) is 0 Å². The lowest BCUT2D eigenvalue weighted by molar-refractivity contribution is -0.121. The molecule has 1 aliphatic carbocycles. The fourth-order valence-electron chi connectivity index (χ4n) is 4.38. The van der Waals surface area contributed by atoms with Gasteiger partial charge in [-0.1, -0.05) is 79.9 Å². The number of allylic oxidation sites excluding steroid dienone is 4. The van der Waals surface area contributed by atoms with E-state index in [-0.39, 0.29) is 17.8 Å². The summed E-state index contributed by atoms with van der Waals surface area (Å²) in [5, 5.41) is 12.5. The summed E-state index contributed by atoms with van der Waals surface area (Å²) in [6, 6.07) is 8.13. The molecule has 0 saturated heterocycles. The summed E-state index contributed by atoms with van der Waals surface area (Å²) in [6.07, 6.45) is 15.7. The number of carbonyl (C=O) groups is 1. The highest BCUT2D eigenvalue weighted by Gasteiger charge is 2.38. The molecule has 3 rings (SSSR count). The molecule has 4 atom stereocenters. The Morgan fingerprint density at radius 3 is 2.87 bits per heavy atom. The number of carbonyl (C=O) groups excluding carboxylic acids is 1. The Morgan fingerprint density at radius 1 is 1.32 bits per heavy atom. The van der Waals surface area contributed by atoms with E-state index in [2.05, 4.69) is 37.8 Å². The minimum atomic E-state index is -0.553. The molecular formula is C27H33ClO2S. The number of hydrogen-bond acceptors (Lipinski definition) is 3. The van der Waals surface area contributed by atoms with E-state index in [4.69, 9.17) is 11.6 Å². The summed E-state index contributed by atoms with van der Waals surface area (Å²) in [4.78, 5) is 13.7. The molecule has 1 aromatic heterocycles. The number of thiophene rings is 1. The van der Waals surface area contributed by atoms with Crippen molar-refractivity contribution in [3.8, 4) is 0 Å². The Morgan fingerprint density at radius 2 is 2.13 bits per heavy atom. The maximum absolute atomic E-state index is 12.6. The van der Waals surface area contributed by atoms with E-state index in [0.717, 1.165) is 34.5 Å². The summed E-state index contributed by atoms with van der Waals surface area (Å²) >= 11 is 8.23. The second-order valence-electron chi connectivity index (χ2n) is 8.43. The third-order valence-corrected chi connectivity index (χ3v) is 7.99. The summed E-state index contributed by atoms with van der Waals surface area (Å²) in [7, 11) is 0. The number of aryl methyl sites for hydroxylation is 1. The van der Waals surface area contributed by atoms with E-state index in [9.17, 15) is 9.90 Å². The van der Waals surface area contributed by atoms with Crippen LogP contribution < -0.4 is 0 Å². The summed E-state index contributed by atoms with van der Waals surface area (Å²) < 4.78 is 1.18. The first kappa shape index (κ1) is 24.0. The molecule has 0 amide bonds. The Kier molecular flexibility index (Phi) is 9.13. The van der Waals surface area contributed by atoms with E-state index >= 15 is 0 Å². The van der Waals surface area contributed by atoms with Gasteiger partial charge in [0.25, 0.3) is 0 Å². The predicted molar refractivity (Wildman–Crippen MR) is 134 cm³/mol. The number of fused-ring (bicyclic) bond motifs is 1. The number of aliphatic hydroxyl groups excluding tert-OH is 1. The topological polar surface area (TPSA) is 37.3 Å². The van der Waals surface area contributed by atoms with Crippen molar-refractivity contribution in [2.45, 2.75) is 58.0 Å². The number of halogens is 1. The van der Waals surface area contributed by atoms with Gasteiger partial charge in [-0.25, -0.2) is 0 Å². The molecule has 0 aliphatic heterocycles. The molecule has 31 heavy (non-hydrogen) atoms. The van der Waals surface area contributed by atoms with Gasteiger partial charge in [0.05, 0.1) is 11.1 Å². The van der Waals surface area contributed by atoms with Gasteiger partial charge >= 0.3 is 0 Å². The van der Waals surface area contributed by atoms with Crippen molar-refractivity contribution in [2.75, 3.05) is 0 Å². The van der Waals surface area contributed by atoms with Crippen LogP contribution in [0.2, 0.25) is 5.02 Å². The first-order valence-electron chi connectivity index (χ1n) is 11.4. The molecule has 0 bridgehead atoms. The zero-order valence-corrected chi connectivity index (χ0v) is 19.9. The van der Waals surface area contributed by atoms with Gasteiger partial charge in [-0.3, -0.25) is 4.79 Å². The van der Waals surface area contributed by atoms with Crippen LogP contribution in [0.3, 0.4) is 0 Å². The highest BCUT2D eigenvalue weighted by Crippen LogP contribution is 2.39. The first-order valence-corrected chi connectivity index (χ1v) is 12.6. The van der Waals surface area contributed by atoms with Crippen LogP contribution in [0.25, 0.3) is 10.1 Å². The number of unbranched alkanes of at least 4 members (excludes halogenated alkanes) is 2. The van der Waals surface area contributed by atoms with Crippen LogP contribution in [0.1, 0.15) is 50.3 Å². The van der Waals surface area contributed by atoms with E-state index in [1.165, 1.54) is 17.5 Å². The predicted octanol–water partition coefficient (Wildman–Crippen LogP) is 7.55. The SMILES string of the molecule is C=C[C@@H]1CC(=O)[C@H](C/C=C\CCCC)C1/C=C/C(O)CCc1sc2ccccc2c1Cl. The second-order valence-corrected chi connectivity index (χ2v) is 9.94. The molecule has 1 aliphatic rings. The molecule has 4 heteroatoms. The van der Waals surface area contributed by atoms with Crippen LogP contribution >= 0.6 is 22.9 Å². The molecule has 1 aromatic carbocycles. The molecule has 2 nitrogen and oxygen atoms in total. The van der Waals surface area contributed by atoms with Crippen LogP contribution in [0.5, 0.6) is 0 Å². The van der Waals surface area contributed by atoms with Gasteiger partial charge < -0.3 is 5.11 Å². The van der Waals surface area contributed by atoms with Gasteiger partial charge in [-0.2, -0.15) is 0 Å². The average molecular weight is 457 g/mol. The summed E-state index contributed by atoms with van der Waals surface area (Å²) in [5.41, 5.74) is 0. The molecule has 1 heterocycles. The minimum Gasteiger partial charge on any atom is -0.389 e. The smallest absolute Gasteiger partial charge is 0.137 e.